The molecule has 0 bridgehead atoms. The van der Waals surface area contributed by atoms with Gasteiger partial charge in [-0.25, -0.2) is 4.79 Å². The van der Waals surface area contributed by atoms with Gasteiger partial charge in [0.2, 0.25) is 11.8 Å². The topological polar surface area (TPSA) is 73.0 Å². The number of benzene rings is 1. The fraction of sp³-hybridized carbons (Fsp3) is 0.571. The van der Waals surface area contributed by atoms with Gasteiger partial charge in [-0.1, -0.05) is 44.2 Å². The van der Waals surface area contributed by atoms with E-state index in [1.807, 2.05) is 30.3 Å². The number of hydrogen-bond donors (Lipinski definition) is 1. The molecule has 28 heavy (non-hydrogen) atoms. The number of urea groups is 1. The summed E-state index contributed by atoms with van der Waals surface area (Å²) in [4.78, 5) is 43.1. The molecule has 1 aromatic rings. The van der Waals surface area contributed by atoms with E-state index < -0.39 is 6.04 Å². The van der Waals surface area contributed by atoms with Crippen molar-refractivity contribution in [2.24, 2.45) is 5.92 Å². The first kappa shape index (κ1) is 20.2. The van der Waals surface area contributed by atoms with E-state index in [2.05, 4.69) is 19.2 Å². The highest BCUT2D eigenvalue weighted by molar-refractivity contribution is 5.95. The summed E-state index contributed by atoms with van der Waals surface area (Å²) < 4.78 is 0. The van der Waals surface area contributed by atoms with E-state index in [1.54, 1.807) is 14.7 Å². The molecular formula is C21H30N4O3. The molecule has 2 aliphatic heterocycles. The molecular weight excluding hydrogens is 356 g/mol. The van der Waals surface area contributed by atoms with E-state index in [-0.39, 0.29) is 24.4 Å². The van der Waals surface area contributed by atoms with Crippen molar-refractivity contribution in [3.63, 3.8) is 0 Å². The molecule has 0 spiro atoms. The Labute approximate surface area is 166 Å². The first-order valence-corrected chi connectivity index (χ1v) is 10.1. The first-order chi connectivity index (χ1) is 13.5. The van der Waals surface area contributed by atoms with Gasteiger partial charge >= 0.3 is 6.03 Å². The molecule has 2 aliphatic rings. The maximum atomic E-state index is 13.0. The Hall–Kier alpha value is -2.57. The predicted octanol–water partition coefficient (Wildman–Crippen LogP) is 1.69. The molecule has 0 radical (unpaired) electrons. The van der Waals surface area contributed by atoms with Crippen molar-refractivity contribution in [2.45, 2.75) is 39.3 Å². The van der Waals surface area contributed by atoms with Crippen LogP contribution in [0.1, 0.15) is 32.3 Å². The molecule has 2 saturated heterocycles. The highest BCUT2D eigenvalue weighted by Crippen LogP contribution is 2.21. The average Bonchev–Trinajstić information content (AvgIpc) is 2.90. The van der Waals surface area contributed by atoms with Crippen LogP contribution in [-0.2, 0) is 16.1 Å². The second-order valence-corrected chi connectivity index (χ2v) is 7.97. The zero-order valence-corrected chi connectivity index (χ0v) is 16.8. The molecule has 4 amide bonds. The second kappa shape index (κ2) is 9.08. The van der Waals surface area contributed by atoms with Crippen molar-refractivity contribution < 1.29 is 14.4 Å². The number of carbonyl (C=O) groups excluding carboxylic acids is 3. The van der Waals surface area contributed by atoms with E-state index in [4.69, 9.17) is 0 Å². The van der Waals surface area contributed by atoms with Crippen LogP contribution >= 0.6 is 0 Å². The van der Waals surface area contributed by atoms with E-state index in [0.29, 0.717) is 45.1 Å². The number of amides is 4. The molecule has 0 aliphatic carbocycles. The average molecular weight is 386 g/mol. The highest BCUT2D eigenvalue weighted by Gasteiger charge is 2.41. The summed E-state index contributed by atoms with van der Waals surface area (Å²) in [6.07, 6.45) is 1.41. The van der Waals surface area contributed by atoms with Crippen LogP contribution in [0, 0.1) is 5.92 Å². The lowest BCUT2D eigenvalue weighted by Gasteiger charge is -2.39. The minimum Gasteiger partial charge on any atom is -0.338 e. The summed E-state index contributed by atoms with van der Waals surface area (Å²) in [5.74, 6) is 0.470. The number of nitrogens with zero attached hydrogens (tertiary/aromatic N) is 3. The minimum atomic E-state index is -0.474. The van der Waals surface area contributed by atoms with Crippen molar-refractivity contribution in [3.05, 3.63) is 35.9 Å². The van der Waals surface area contributed by atoms with Crippen molar-refractivity contribution in [1.82, 2.24) is 20.0 Å². The number of nitrogens with one attached hydrogen (secondary N) is 1. The molecule has 1 atom stereocenters. The number of carbonyl (C=O) groups is 3. The Bertz CT molecular complexity index is 707. The van der Waals surface area contributed by atoms with Gasteiger partial charge in [0.05, 0.1) is 0 Å². The van der Waals surface area contributed by atoms with Gasteiger partial charge in [-0.15, -0.1) is 0 Å². The van der Waals surface area contributed by atoms with Crippen LogP contribution in [0.25, 0.3) is 0 Å². The third-order valence-electron chi connectivity index (χ3n) is 5.40. The summed E-state index contributed by atoms with van der Waals surface area (Å²) in [5, 5.41) is 2.94. The van der Waals surface area contributed by atoms with Crippen LogP contribution in [0.5, 0.6) is 0 Å². The minimum absolute atomic E-state index is 0.0227. The largest absolute Gasteiger partial charge is 0.338 e. The fourth-order valence-electron chi connectivity index (χ4n) is 3.75. The van der Waals surface area contributed by atoms with Crippen molar-refractivity contribution in [3.8, 4) is 0 Å². The first-order valence-electron chi connectivity index (χ1n) is 10.1. The summed E-state index contributed by atoms with van der Waals surface area (Å²) in [5.41, 5.74) is 1.01. The Balaban J connectivity index is 1.61. The maximum Gasteiger partial charge on any atom is 0.317 e. The molecule has 0 saturated carbocycles. The van der Waals surface area contributed by atoms with E-state index >= 15 is 0 Å². The number of rotatable bonds is 5. The molecule has 2 heterocycles. The lowest BCUT2D eigenvalue weighted by Crippen LogP contribution is -2.59. The SMILES string of the molecule is CC(C)CCNC(=O)N1CCC2C(=O)N(Cc3ccccc3)CC(=O)N2CC1. The molecule has 0 aromatic heterocycles. The second-order valence-electron chi connectivity index (χ2n) is 7.97. The molecule has 1 unspecified atom stereocenters. The predicted molar refractivity (Wildman–Crippen MR) is 106 cm³/mol. The van der Waals surface area contributed by atoms with Gasteiger partial charge in [0, 0.05) is 32.7 Å². The monoisotopic (exact) mass is 386 g/mol. The Morgan fingerprint density at radius 3 is 2.61 bits per heavy atom. The van der Waals surface area contributed by atoms with E-state index in [9.17, 15) is 14.4 Å². The highest BCUT2D eigenvalue weighted by atomic mass is 16.2. The van der Waals surface area contributed by atoms with Gasteiger partial charge in [0.1, 0.15) is 12.6 Å². The zero-order valence-electron chi connectivity index (χ0n) is 16.8. The Morgan fingerprint density at radius 1 is 1.14 bits per heavy atom. The lowest BCUT2D eigenvalue weighted by molar-refractivity contribution is -0.156. The summed E-state index contributed by atoms with van der Waals surface area (Å²) in [7, 11) is 0. The zero-order chi connectivity index (χ0) is 20.1. The molecule has 152 valence electrons. The smallest absolute Gasteiger partial charge is 0.317 e. The van der Waals surface area contributed by atoms with Crippen molar-refractivity contribution >= 4 is 17.8 Å². The van der Waals surface area contributed by atoms with Gasteiger partial charge in [-0.3, -0.25) is 9.59 Å². The molecule has 7 heteroatoms. The summed E-state index contributed by atoms with van der Waals surface area (Å²) in [6, 6.07) is 9.13. The normalized spacial score (nSPS) is 20.2. The summed E-state index contributed by atoms with van der Waals surface area (Å²) >= 11 is 0. The van der Waals surface area contributed by atoms with Gasteiger partial charge in [0.25, 0.3) is 0 Å². The summed E-state index contributed by atoms with van der Waals surface area (Å²) in [6.45, 7) is 6.77. The lowest BCUT2D eigenvalue weighted by atomic mass is 10.1. The van der Waals surface area contributed by atoms with E-state index in [1.165, 1.54) is 0 Å². The molecule has 2 fully saturated rings. The van der Waals surface area contributed by atoms with Crippen LogP contribution in [0.2, 0.25) is 0 Å². The van der Waals surface area contributed by atoms with Gasteiger partial charge in [-0.2, -0.15) is 0 Å². The van der Waals surface area contributed by atoms with Crippen LogP contribution < -0.4 is 5.32 Å². The van der Waals surface area contributed by atoms with Crippen LogP contribution in [-0.4, -0.2) is 71.3 Å². The van der Waals surface area contributed by atoms with E-state index in [0.717, 1.165) is 12.0 Å². The van der Waals surface area contributed by atoms with Gasteiger partial charge in [0.15, 0.2) is 0 Å². The number of piperazine rings is 1. The molecule has 1 N–H and O–H groups in total. The fourth-order valence-corrected chi connectivity index (χ4v) is 3.75. The third-order valence-corrected chi connectivity index (χ3v) is 5.40. The Kier molecular flexibility index (Phi) is 6.54. The molecule has 3 rings (SSSR count). The Morgan fingerprint density at radius 2 is 1.89 bits per heavy atom. The number of fused-ring (bicyclic) bond motifs is 1. The van der Waals surface area contributed by atoms with Crippen LogP contribution in [0.4, 0.5) is 4.79 Å². The van der Waals surface area contributed by atoms with Gasteiger partial charge in [-0.05, 0) is 24.3 Å². The maximum absolute atomic E-state index is 13.0. The van der Waals surface area contributed by atoms with Crippen molar-refractivity contribution in [2.75, 3.05) is 32.7 Å². The molecule has 7 nitrogen and oxygen atoms in total. The van der Waals surface area contributed by atoms with Gasteiger partial charge < -0.3 is 20.0 Å². The van der Waals surface area contributed by atoms with Crippen molar-refractivity contribution in [1.29, 1.82) is 0 Å². The standard InChI is InChI=1S/C21H30N4O3/c1-16(2)8-10-22-21(28)23-11-9-18-20(27)24(14-17-6-4-3-5-7-17)15-19(26)25(18)13-12-23/h3-7,16,18H,8-15H2,1-2H3,(H,22,28). The quantitative estimate of drug-likeness (QED) is 0.837. The number of hydrogen-bond acceptors (Lipinski definition) is 3. The third kappa shape index (κ3) is 4.82. The molecule has 1 aromatic carbocycles. The van der Waals surface area contributed by atoms with Crippen LogP contribution in [0.15, 0.2) is 30.3 Å². The van der Waals surface area contributed by atoms with Crippen LogP contribution in [0.3, 0.4) is 0 Å².